The van der Waals surface area contributed by atoms with Crippen LogP contribution in [0.15, 0.2) is 47.4 Å². The third-order valence-electron chi connectivity index (χ3n) is 4.15. The minimum atomic E-state index is -3.78. The van der Waals surface area contributed by atoms with Crippen molar-refractivity contribution in [3.63, 3.8) is 0 Å². The molecule has 0 spiro atoms. The van der Waals surface area contributed by atoms with E-state index in [1.165, 1.54) is 42.5 Å². The summed E-state index contributed by atoms with van der Waals surface area (Å²) in [6, 6.07) is 9.80. The third-order valence-corrected chi connectivity index (χ3v) is 5.08. The molecule has 0 amide bonds. The van der Waals surface area contributed by atoms with Crippen molar-refractivity contribution in [1.29, 1.82) is 0 Å². The standard InChI is InChI=1S/C24H28FNO5S/c1-24(2,3)31-23(27)10-8-6-4-5-7-9-18-17-20(13-16-22(18)25)30-19-11-14-21(15-12-19)32(26,28)29/h11-17H,4-6,8,10H2,1-3H3,(H2,26,28,29). The highest BCUT2D eigenvalue weighted by molar-refractivity contribution is 7.89. The van der Waals surface area contributed by atoms with Gasteiger partial charge < -0.3 is 9.47 Å². The molecule has 2 N–H and O–H groups in total. The topological polar surface area (TPSA) is 95.7 Å². The summed E-state index contributed by atoms with van der Waals surface area (Å²) in [5.74, 6) is 5.84. The van der Waals surface area contributed by atoms with E-state index in [0.29, 0.717) is 24.3 Å². The van der Waals surface area contributed by atoms with Gasteiger partial charge in [0.15, 0.2) is 0 Å². The second-order valence-corrected chi connectivity index (χ2v) is 9.77. The maximum atomic E-state index is 14.1. The first-order chi connectivity index (χ1) is 14.9. The highest BCUT2D eigenvalue weighted by Gasteiger charge is 2.15. The molecule has 0 fully saturated rings. The van der Waals surface area contributed by atoms with Crippen LogP contribution < -0.4 is 9.88 Å². The first-order valence-electron chi connectivity index (χ1n) is 10.2. The van der Waals surface area contributed by atoms with E-state index in [-0.39, 0.29) is 16.4 Å². The van der Waals surface area contributed by atoms with E-state index in [9.17, 15) is 17.6 Å². The Hall–Kier alpha value is -2.89. The van der Waals surface area contributed by atoms with Gasteiger partial charge in [-0.3, -0.25) is 4.79 Å². The van der Waals surface area contributed by atoms with E-state index >= 15 is 0 Å². The van der Waals surface area contributed by atoms with Gasteiger partial charge in [-0.1, -0.05) is 18.3 Å². The summed E-state index contributed by atoms with van der Waals surface area (Å²) in [6.07, 6.45) is 3.29. The van der Waals surface area contributed by atoms with E-state index in [1.54, 1.807) is 0 Å². The lowest BCUT2D eigenvalue weighted by Gasteiger charge is -2.19. The van der Waals surface area contributed by atoms with Crippen molar-refractivity contribution in [2.45, 2.75) is 63.4 Å². The Morgan fingerprint density at radius 1 is 1.03 bits per heavy atom. The molecule has 2 rings (SSSR count). The summed E-state index contributed by atoms with van der Waals surface area (Å²) >= 11 is 0. The lowest BCUT2D eigenvalue weighted by molar-refractivity contribution is -0.154. The summed E-state index contributed by atoms with van der Waals surface area (Å²) in [5, 5.41) is 5.07. The lowest BCUT2D eigenvalue weighted by atomic mass is 10.1. The molecule has 32 heavy (non-hydrogen) atoms. The van der Waals surface area contributed by atoms with Gasteiger partial charge in [0, 0.05) is 12.8 Å². The van der Waals surface area contributed by atoms with Crippen molar-refractivity contribution in [3.8, 4) is 23.3 Å². The Morgan fingerprint density at radius 2 is 1.69 bits per heavy atom. The molecular weight excluding hydrogens is 433 g/mol. The van der Waals surface area contributed by atoms with Crippen LogP contribution in [0.5, 0.6) is 11.5 Å². The molecule has 0 aromatic heterocycles. The van der Waals surface area contributed by atoms with E-state index < -0.39 is 21.4 Å². The number of primary sulfonamides is 1. The zero-order valence-corrected chi connectivity index (χ0v) is 19.3. The Labute approximate surface area is 189 Å². The molecule has 0 aliphatic carbocycles. The summed E-state index contributed by atoms with van der Waals surface area (Å²) in [6.45, 7) is 5.51. The molecule has 0 aliphatic heterocycles. The van der Waals surface area contributed by atoms with E-state index in [4.69, 9.17) is 14.6 Å². The van der Waals surface area contributed by atoms with Crippen LogP contribution in [-0.4, -0.2) is 20.0 Å². The average molecular weight is 462 g/mol. The van der Waals surface area contributed by atoms with Crippen LogP contribution in [0.2, 0.25) is 0 Å². The Balaban J connectivity index is 1.86. The number of benzene rings is 2. The van der Waals surface area contributed by atoms with E-state index in [2.05, 4.69) is 11.8 Å². The zero-order chi connectivity index (χ0) is 23.8. The number of hydrogen-bond acceptors (Lipinski definition) is 5. The van der Waals surface area contributed by atoms with Crippen molar-refractivity contribution in [2.75, 3.05) is 0 Å². The van der Waals surface area contributed by atoms with Crippen LogP contribution in [0.4, 0.5) is 4.39 Å². The number of halogens is 1. The Morgan fingerprint density at radius 3 is 2.31 bits per heavy atom. The largest absolute Gasteiger partial charge is 0.460 e. The van der Waals surface area contributed by atoms with Crippen molar-refractivity contribution in [3.05, 3.63) is 53.8 Å². The fourth-order valence-corrected chi connectivity index (χ4v) is 3.22. The number of hydrogen-bond donors (Lipinski definition) is 1. The first kappa shape index (κ1) is 25.4. The summed E-state index contributed by atoms with van der Waals surface area (Å²) in [5.41, 5.74) is -0.267. The molecule has 0 radical (unpaired) electrons. The number of sulfonamides is 1. The SMILES string of the molecule is CC(C)(C)OC(=O)CCCCCC#Cc1cc(Oc2ccc(S(N)(=O)=O)cc2)ccc1F. The zero-order valence-electron chi connectivity index (χ0n) is 18.5. The lowest BCUT2D eigenvalue weighted by Crippen LogP contribution is -2.23. The van der Waals surface area contributed by atoms with Gasteiger partial charge in [0.1, 0.15) is 22.9 Å². The molecule has 0 bridgehead atoms. The first-order valence-corrected chi connectivity index (χ1v) is 11.8. The quantitative estimate of drug-likeness (QED) is 0.342. The Kier molecular flexibility index (Phi) is 8.81. The molecule has 0 aliphatic rings. The van der Waals surface area contributed by atoms with Gasteiger partial charge in [-0.2, -0.15) is 0 Å². The number of esters is 1. The van der Waals surface area contributed by atoms with Gasteiger partial charge in [-0.15, -0.1) is 0 Å². The molecule has 0 saturated carbocycles. The number of carbonyl (C=O) groups excluding carboxylic acids is 1. The molecule has 0 atom stereocenters. The highest BCUT2D eigenvalue weighted by atomic mass is 32.2. The fourth-order valence-electron chi connectivity index (χ4n) is 2.71. The summed E-state index contributed by atoms with van der Waals surface area (Å²) in [7, 11) is -3.78. The molecule has 0 heterocycles. The number of carbonyl (C=O) groups is 1. The second kappa shape index (κ2) is 11.1. The minimum absolute atomic E-state index is 0.0263. The van der Waals surface area contributed by atoms with E-state index in [0.717, 1.165) is 19.3 Å². The van der Waals surface area contributed by atoms with Gasteiger partial charge >= 0.3 is 5.97 Å². The normalized spacial score (nSPS) is 11.4. The third kappa shape index (κ3) is 9.08. The maximum Gasteiger partial charge on any atom is 0.306 e. The van der Waals surface area contributed by atoms with Crippen molar-refractivity contribution < 1.29 is 27.1 Å². The number of ether oxygens (including phenoxy) is 2. The van der Waals surface area contributed by atoms with Crippen LogP contribution >= 0.6 is 0 Å². The molecular formula is C24H28FNO5S. The summed E-state index contributed by atoms with van der Waals surface area (Å²) in [4.78, 5) is 11.6. The second-order valence-electron chi connectivity index (χ2n) is 8.21. The van der Waals surface area contributed by atoms with Gasteiger partial charge in [-0.05, 0) is 76.1 Å². The van der Waals surface area contributed by atoms with E-state index in [1.807, 2.05) is 20.8 Å². The highest BCUT2D eigenvalue weighted by Crippen LogP contribution is 2.24. The average Bonchev–Trinajstić information content (AvgIpc) is 2.68. The molecule has 172 valence electrons. The van der Waals surface area contributed by atoms with Crippen LogP contribution in [0.3, 0.4) is 0 Å². The predicted octanol–water partition coefficient (Wildman–Crippen LogP) is 4.91. The monoisotopic (exact) mass is 461 g/mol. The molecule has 0 saturated heterocycles. The Bertz CT molecular complexity index is 1090. The van der Waals surface area contributed by atoms with Gasteiger partial charge in [0.2, 0.25) is 10.0 Å². The number of nitrogens with two attached hydrogens (primary N) is 1. The summed E-state index contributed by atoms with van der Waals surface area (Å²) < 4.78 is 47.6. The molecule has 6 nitrogen and oxygen atoms in total. The van der Waals surface area contributed by atoms with Crippen LogP contribution in [0.25, 0.3) is 0 Å². The smallest absolute Gasteiger partial charge is 0.306 e. The predicted molar refractivity (Wildman–Crippen MR) is 120 cm³/mol. The molecule has 2 aromatic carbocycles. The molecule has 0 unspecified atom stereocenters. The molecule has 8 heteroatoms. The maximum absolute atomic E-state index is 14.1. The van der Waals surface area contributed by atoms with Gasteiger partial charge in [-0.25, -0.2) is 17.9 Å². The van der Waals surface area contributed by atoms with Crippen LogP contribution in [0, 0.1) is 17.7 Å². The van der Waals surface area contributed by atoms with Crippen LogP contribution in [-0.2, 0) is 19.6 Å². The van der Waals surface area contributed by atoms with Crippen molar-refractivity contribution >= 4 is 16.0 Å². The fraction of sp³-hybridized carbons (Fsp3) is 0.375. The van der Waals surface area contributed by atoms with Gasteiger partial charge in [0.05, 0.1) is 10.5 Å². The van der Waals surface area contributed by atoms with Crippen molar-refractivity contribution in [1.82, 2.24) is 0 Å². The molecule has 2 aromatic rings. The minimum Gasteiger partial charge on any atom is -0.460 e. The number of rotatable bonds is 8. The van der Waals surface area contributed by atoms with Gasteiger partial charge in [0.25, 0.3) is 0 Å². The van der Waals surface area contributed by atoms with Crippen LogP contribution in [0.1, 0.15) is 58.4 Å². The number of unbranched alkanes of at least 4 members (excludes halogenated alkanes) is 3. The van der Waals surface area contributed by atoms with Crippen molar-refractivity contribution in [2.24, 2.45) is 5.14 Å².